The van der Waals surface area contributed by atoms with Crippen LogP contribution in [0.5, 0.6) is 0 Å². The molecule has 0 radical (unpaired) electrons. The van der Waals surface area contributed by atoms with Gasteiger partial charge in [0.05, 0.1) is 6.10 Å². The smallest absolute Gasteiger partial charge is 0.303 e. The number of aliphatic hydroxyl groups excluding tert-OH is 1. The van der Waals surface area contributed by atoms with Crippen LogP contribution in [0.1, 0.15) is 58.3 Å². The first-order valence-corrected chi connectivity index (χ1v) is 8.99. The largest absolute Gasteiger partial charge is 0.481 e. The third-order valence-electron chi connectivity index (χ3n) is 4.28. The summed E-state index contributed by atoms with van der Waals surface area (Å²) >= 11 is 0. The van der Waals surface area contributed by atoms with Crippen molar-refractivity contribution in [3.63, 3.8) is 0 Å². The van der Waals surface area contributed by atoms with Gasteiger partial charge in [-0.15, -0.1) is 0 Å². The molecule has 0 fully saturated rings. The molecular formula is C20H30O4. The molecule has 24 heavy (non-hydrogen) atoms. The maximum absolute atomic E-state index is 12.0. The number of carbonyl (C=O) groups excluding carboxylic acids is 1. The summed E-state index contributed by atoms with van der Waals surface area (Å²) in [5.74, 6) is -0.728. The van der Waals surface area contributed by atoms with Gasteiger partial charge in [0.1, 0.15) is 0 Å². The third kappa shape index (κ3) is 8.25. The van der Waals surface area contributed by atoms with E-state index in [0.717, 1.165) is 38.5 Å². The molecule has 134 valence electrons. The number of hydrogen-bond acceptors (Lipinski definition) is 3. The molecule has 0 amide bonds. The van der Waals surface area contributed by atoms with Gasteiger partial charge in [-0.05, 0) is 37.7 Å². The fraction of sp³-hybridized carbons (Fsp3) is 0.600. The normalized spacial score (nSPS) is 22.0. The SMILES string of the molecule is CCCCCC(O)C=C[C@H]1C(=O)C=C[C@@H]1CC=CCCCC(=O)O. The first kappa shape index (κ1) is 20.4. The number of carboxylic acids is 1. The van der Waals surface area contributed by atoms with Crippen LogP contribution in [0.2, 0.25) is 0 Å². The summed E-state index contributed by atoms with van der Waals surface area (Å²) in [7, 11) is 0. The predicted octanol–water partition coefficient (Wildman–Crippen LogP) is 4.06. The Kier molecular flexibility index (Phi) is 10.0. The van der Waals surface area contributed by atoms with Crippen LogP contribution in [0.15, 0.2) is 36.5 Å². The molecule has 1 unspecified atom stereocenters. The zero-order valence-electron chi connectivity index (χ0n) is 14.6. The van der Waals surface area contributed by atoms with Gasteiger partial charge >= 0.3 is 5.97 Å². The van der Waals surface area contributed by atoms with Crippen molar-refractivity contribution >= 4 is 11.8 Å². The highest BCUT2D eigenvalue weighted by Crippen LogP contribution is 2.27. The molecule has 3 atom stereocenters. The van der Waals surface area contributed by atoms with Gasteiger partial charge in [0.25, 0.3) is 0 Å². The Hall–Kier alpha value is -1.68. The Morgan fingerprint density at radius 1 is 1.29 bits per heavy atom. The van der Waals surface area contributed by atoms with E-state index >= 15 is 0 Å². The van der Waals surface area contributed by atoms with E-state index in [0.29, 0.717) is 6.42 Å². The summed E-state index contributed by atoms with van der Waals surface area (Å²) in [5.41, 5.74) is 0. The number of carbonyl (C=O) groups is 2. The van der Waals surface area contributed by atoms with E-state index in [1.807, 2.05) is 24.3 Å². The minimum Gasteiger partial charge on any atom is -0.481 e. The van der Waals surface area contributed by atoms with E-state index in [1.165, 1.54) is 0 Å². The van der Waals surface area contributed by atoms with Crippen molar-refractivity contribution in [1.82, 2.24) is 0 Å². The number of ketones is 1. The Labute approximate surface area is 145 Å². The first-order valence-electron chi connectivity index (χ1n) is 8.99. The van der Waals surface area contributed by atoms with Gasteiger partial charge < -0.3 is 10.2 Å². The van der Waals surface area contributed by atoms with Crippen molar-refractivity contribution in [3.8, 4) is 0 Å². The fourth-order valence-electron chi connectivity index (χ4n) is 2.81. The monoisotopic (exact) mass is 334 g/mol. The van der Waals surface area contributed by atoms with E-state index in [1.54, 1.807) is 12.2 Å². The van der Waals surface area contributed by atoms with Crippen LogP contribution >= 0.6 is 0 Å². The molecule has 2 N–H and O–H groups in total. The molecule has 0 aromatic heterocycles. The minimum atomic E-state index is -0.768. The number of aliphatic carboxylic acids is 1. The average molecular weight is 334 g/mol. The van der Waals surface area contributed by atoms with Crippen molar-refractivity contribution in [2.75, 3.05) is 0 Å². The van der Waals surface area contributed by atoms with Crippen molar-refractivity contribution < 1.29 is 19.8 Å². The molecule has 4 heteroatoms. The van der Waals surface area contributed by atoms with Gasteiger partial charge in [0.15, 0.2) is 5.78 Å². The highest BCUT2D eigenvalue weighted by molar-refractivity contribution is 5.95. The van der Waals surface area contributed by atoms with Crippen LogP contribution in [0, 0.1) is 11.8 Å². The number of aliphatic hydroxyl groups is 1. The summed E-state index contributed by atoms with van der Waals surface area (Å²) in [6, 6.07) is 0. The number of hydrogen-bond donors (Lipinski definition) is 2. The Morgan fingerprint density at radius 3 is 2.79 bits per heavy atom. The van der Waals surface area contributed by atoms with Gasteiger partial charge in [-0.25, -0.2) is 0 Å². The van der Waals surface area contributed by atoms with E-state index in [9.17, 15) is 14.7 Å². The highest BCUT2D eigenvalue weighted by atomic mass is 16.4. The maximum Gasteiger partial charge on any atom is 0.303 e. The van der Waals surface area contributed by atoms with E-state index in [-0.39, 0.29) is 24.0 Å². The molecule has 1 aliphatic rings. The minimum absolute atomic E-state index is 0.0938. The van der Waals surface area contributed by atoms with Crippen molar-refractivity contribution in [1.29, 1.82) is 0 Å². The first-order chi connectivity index (χ1) is 11.5. The molecule has 1 rings (SSSR count). The lowest BCUT2D eigenvalue weighted by Gasteiger charge is -2.13. The molecule has 0 aliphatic heterocycles. The van der Waals surface area contributed by atoms with Crippen molar-refractivity contribution in [3.05, 3.63) is 36.5 Å². The maximum atomic E-state index is 12.0. The molecule has 0 aromatic carbocycles. The van der Waals surface area contributed by atoms with Gasteiger partial charge in [-0.3, -0.25) is 9.59 Å². The standard InChI is InChI=1S/C20H30O4/c1-2-3-6-10-17(21)13-14-18-16(12-15-19(18)22)9-7-4-5-8-11-20(23)24/h4,7,12-18,21H,2-3,5-6,8-11H2,1H3,(H,23,24)/t16-,17?,18+/m0/s1. The summed E-state index contributed by atoms with van der Waals surface area (Å²) in [6.45, 7) is 2.13. The Morgan fingerprint density at radius 2 is 2.08 bits per heavy atom. The average Bonchev–Trinajstić information content (AvgIpc) is 2.89. The van der Waals surface area contributed by atoms with Crippen LogP contribution < -0.4 is 0 Å². The van der Waals surface area contributed by atoms with Crippen LogP contribution in [0.4, 0.5) is 0 Å². The molecule has 0 heterocycles. The van der Waals surface area contributed by atoms with Gasteiger partial charge in [0, 0.05) is 12.3 Å². The molecule has 0 saturated carbocycles. The van der Waals surface area contributed by atoms with Crippen LogP contribution in [-0.2, 0) is 9.59 Å². The predicted molar refractivity (Wildman–Crippen MR) is 95.7 cm³/mol. The van der Waals surface area contributed by atoms with E-state index in [2.05, 4.69) is 6.92 Å². The molecule has 4 nitrogen and oxygen atoms in total. The lowest BCUT2D eigenvalue weighted by Crippen LogP contribution is -2.14. The number of carboxylic acid groups (broad SMARTS) is 1. The summed E-state index contributed by atoms with van der Waals surface area (Å²) in [6.07, 6.45) is 17.0. The molecule has 1 aliphatic carbocycles. The van der Waals surface area contributed by atoms with Crippen molar-refractivity contribution in [2.24, 2.45) is 11.8 Å². The lowest BCUT2D eigenvalue weighted by atomic mass is 9.90. The number of rotatable bonds is 12. The molecule has 0 bridgehead atoms. The fourth-order valence-corrected chi connectivity index (χ4v) is 2.81. The zero-order chi connectivity index (χ0) is 17.8. The Bertz CT molecular complexity index is 476. The van der Waals surface area contributed by atoms with E-state index in [4.69, 9.17) is 5.11 Å². The number of allylic oxidation sites excluding steroid dienone is 5. The van der Waals surface area contributed by atoms with Crippen LogP contribution in [-0.4, -0.2) is 28.1 Å². The lowest BCUT2D eigenvalue weighted by molar-refractivity contribution is -0.137. The Balaban J connectivity index is 2.38. The number of unbranched alkanes of at least 4 members (excludes halogenated alkanes) is 3. The van der Waals surface area contributed by atoms with Gasteiger partial charge in [-0.1, -0.05) is 56.6 Å². The highest BCUT2D eigenvalue weighted by Gasteiger charge is 2.26. The van der Waals surface area contributed by atoms with Crippen molar-refractivity contribution in [2.45, 2.75) is 64.4 Å². The van der Waals surface area contributed by atoms with E-state index < -0.39 is 12.1 Å². The molecule has 0 spiro atoms. The molecule has 0 saturated heterocycles. The second-order valence-electron chi connectivity index (χ2n) is 6.39. The summed E-state index contributed by atoms with van der Waals surface area (Å²) < 4.78 is 0. The zero-order valence-corrected chi connectivity index (χ0v) is 14.6. The topological polar surface area (TPSA) is 74.6 Å². The second kappa shape index (κ2) is 11.8. The van der Waals surface area contributed by atoms with Gasteiger partial charge in [0.2, 0.25) is 0 Å². The van der Waals surface area contributed by atoms with Gasteiger partial charge in [-0.2, -0.15) is 0 Å². The van der Waals surface area contributed by atoms with Crippen LogP contribution in [0.25, 0.3) is 0 Å². The summed E-state index contributed by atoms with van der Waals surface area (Å²) in [5, 5.41) is 18.5. The molecular weight excluding hydrogens is 304 g/mol. The quantitative estimate of drug-likeness (QED) is 0.417. The van der Waals surface area contributed by atoms with Crippen LogP contribution in [0.3, 0.4) is 0 Å². The third-order valence-corrected chi connectivity index (χ3v) is 4.28. The molecule has 0 aromatic rings. The summed E-state index contributed by atoms with van der Waals surface area (Å²) in [4.78, 5) is 22.4. The second-order valence-corrected chi connectivity index (χ2v) is 6.39.